The van der Waals surface area contributed by atoms with Gasteiger partial charge in [0.2, 0.25) is 0 Å². The summed E-state index contributed by atoms with van der Waals surface area (Å²) in [6, 6.07) is 33.5. The van der Waals surface area contributed by atoms with Gasteiger partial charge in [0.15, 0.2) is 11.9 Å². The third-order valence-electron chi connectivity index (χ3n) is 5.10. The third-order valence-corrected chi connectivity index (χ3v) is 5.10. The van der Waals surface area contributed by atoms with Gasteiger partial charge in [0.25, 0.3) is 5.91 Å². The number of nitrogens with one attached hydrogen (secondary N) is 1. The fourth-order valence-electron chi connectivity index (χ4n) is 3.39. The van der Waals surface area contributed by atoms with Crippen LogP contribution < -0.4 is 10.1 Å². The summed E-state index contributed by atoms with van der Waals surface area (Å²) in [5.74, 6) is 0.215. The smallest absolute Gasteiger partial charge is 0.265 e. The number of ketones is 1. The summed E-state index contributed by atoms with van der Waals surface area (Å²) in [5, 5.41) is 2.96. The topological polar surface area (TPSA) is 55.4 Å². The number of carbonyl (C=O) groups excluding carboxylic acids is 2. The van der Waals surface area contributed by atoms with Crippen LogP contribution in [0.15, 0.2) is 109 Å². The predicted octanol–water partition coefficient (Wildman–Crippen LogP) is 5.99. The highest BCUT2D eigenvalue weighted by molar-refractivity contribution is 6.09. The molecule has 0 unspecified atom stereocenters. The lowest BCUT2D eigenvalue weighted by Gasteiger charge is -2.17. The summed E-state index contributed by atoms with van der Waals surface area (Å²) < 4.78 is 5.81. The quantitative estimate of drug-likeness (QED) is 0.373. The molecule has 0 spiro atoms. The predicted molar refractivity (Wildman–Crippen MR) is 127 cm³/mol. The van der Waals surface area contributed by atoms with Crippen molar-refractivity contribution in [3.63, 3.8) is 0 Å². The van der Waals surface area contributed by atoms with Crippen molar-refractivity contribution in [1.82, 2.24) is 0 Å². The molecular weight excluding hydrogens is 398 g/mol. The Morgan fingerprint density at radius 3 is 1.94 bits per heavy atom. The van der Waals surface area contributed by atoms with Gasteiger partial charge in [0.05, 0.1) is 0 Å². The Morgan fingerprint density at radius 2 is 1.25 bits per heavy atom. The minimum Gasteiger partial charge on any atom is -0.481 e. The van der Waals surface area contributed by atoms with Crippen LogP contribution in [0.1, 0.15) is 22.8 Å². The highest BCUT2D eigenvalue weighted by Gasteiger charge is 2.17. The maximum atomic E-state index is 12.8. The van der Waals surface area contributed by atoms with E-state index in [0.717, 1.165) is 16.8 Å². The van der Waals surface area contributed by atoms with Crippen LogP contribution in [-0.4, -0.2) is 17.8 Å². The van der Waals surface area contributed by atoms with Crippen LogP contribution in [0, 0.1) is 0 Å². The molecule has 0 heterocycles. The highest BCUT2D eigenvalue weighted by atomic mass is 16.5. The van der Waals surface area contributed by atoms with Crippen molar-refractivity contribution in [2.75, 3.05) is 5.32 Å². The molecule has 0 aromatic heterocycles. The Kier molecular flexibility index (Phi) is 6.42. The van der Waals surface area contributed by atoms with Crippen molar-refractivity contribution < 1.29 is 14.3 Å². The van der Waals surface area contributed by atoms with E-state index < -0.39 is 6.10 Å². The third kappa shape index (κ3) is 4.93. The summed E-state index contributed by atoms with van der Waals surface area (Å²) in [6.07, 6.45) is -0.713. The second kappa shape index (κ2) is 9.75. The fourth-order valence-corrected chi connectivity index (χ4v) is 3.39. The number of hydrogen-bond donors (Lipinski definition) is 1. The number of benzene rings is 4. The van der Waals surface area contributed by atoms with E-state index in [2.05, 4.69) is 5.32 Å². The molecule has 4 nitrogen and oxygen atoms in total. The molecule has 0 aliphatic rings. The van der Waals surface area contributed by atoms with Gasteiger partial charge in [-0.05, 0) is 42.8 Å². The molecule has 0 aliphatic heterocycles. The van der Waals surface area contributed by atoms with Gasteiger partial charge >= 0.3 is 0 Å². The Morgan fingerprint density at radius 1 is 0.688 bits per heavy atom. The molecule has 4 aromatic carbocycles. The lowest BCUT2D eigenvalue weighted by atomic mass is 10.0. The van der Waals surface area contributed by atoms with Crippen LogP contribution in [0.3, 0.4) is 0 Å². The molecule has 4 heteroatoms. The zero-order chi connectivity index (χ0) is 22.3. The Bertz CT molecular complexity index is 1200. The van der Waals surface area contributed by atoms with Crippen LogP contribution in [0.25, 0.3) is 11.1 Å². The molecule has 0 aliphatic carbocycles. The normalized spacial score (nSPS) is 11.4. The number of hydrogen-bond acceptors (Lipinski definition) is 3. The SMILES string of the molecule is C[C@@H](Oc1ccc(C(=O)c2ccccc2)cc1)C(=O)Nc1ccccc1-c1ccccc1. The van der Waals surface area contributed by atoms with Gasteiger partial charge in [-0.15, -0.1) is 0 Å². The maximum absolute atomic E-state index is 12.8. The van der Waals surface area contributed by atoms with Gasteiger partial charge in [-0.1, -0.05) is 78.9 Å². The maximum Gasteiger partial charge on any atom is 0.265 e. The molecule has 0 saturated carbocycles. The van der Waals surface area contributed by atoms with E-state index in [1.54, 1.807) is 43.3 Å². The second-order valence-electron chi connectivity index (χ2n) is 7.38. The highest BCUT2D eigenvalue weighted by Crippen LogP contribution is 2.28. The van der Waals surface area contributed by atoms with Crippen molar-refractivity contribution in [1.29, 1.82) is 0 Å². The summed E-state index contributed by atoms with van der Waals surface area (Å²) >= 11 is 0. The van der Waals surface area contributed by atoms with Gasteiger partial charge in [-0.25, -0.2) is 0 Å². The number of amides is 1. The Labute approximate surface area is 187 Å². The van der Waals surface area contributed by atoms with Crippen LogP contribution in [0.2, 0.25) is 0 Å². The molecule has 4 rings (SSSR count). The fraction of sp³-hybridized carbons (Fsp3) is 0.0714. The first-order chi connectivity index (χ1) is 15.6. The summed E-state index contributed by atoms with van der Waals surface area (Å²) in [5.41, 5.74) is 3.89. The van der Waals surface area contributed by atoms with E-state index in [1.165, 1.54) is 0 Å². The zero-order valence-corrected chi connectivity index (χ0v) is 17.7. The lowest BCUT2D eigenvalue weighted by Crippen LogP contribution is -2.30. The van der Waals surface area contributed by atoms with Crippen molar-refractivity contribution >= 4 is 17.4 Å². The van der Waals surface area contributed by atoms with E-state index in [4.69, 9.17) is 4.74 Å². The van der Waals surface area contributed by atoms with Crippen molar-refractivity contribution in [3.8, 4) is 16.9 Å². The van der Waals surface area contributed by atoms with Crippen LogP contribution >= 0.6 is 0 Å². The molecule has 1 atom stereocenters. The number of rotatable bonds is 7. The van der Waals surface area contributed by atoms with E-state index in [1.807, 2.05) is 72.8 Å². The molecule has 0 bridgehead atoms. The molecule has 0 fully saturated rings. The monoisotopic (exact) mass is 421 g/mol. The largest absolute Gasteiger partial charge is 0.481 e. The minimum atomic E-state index is -0.713. The molecule has 1 amide bonds. The Hall–Kier alpha value is -4.18. The second-order valence-corrected chi connectivity index (χ2v) is 7.38. The molecule has 0 radical (unpaired) electrons. The van der Waals surface area contributed by atoms with Gasteiger partial charge in [-0.2, -0.15) is 0 Å². The summed E-state index contributed by atoms with van der Waals surface area (Å²) in [7, 11) is 0. The van der Waals surface area contributed by atoms with E-state index in [-0.39, 0.29) is 11.7 Å². The van der Waals surface area contributed by atoms with Gasteiger partial charge in [-0.3, -0.25) is 9.59 Å². The van der Waals surface area contributed by atoms with Crippen molar-refractivity contribution in [2.45, 2.75) is 13.0 Å². The molecular formula is C28H23NO3. The zero-order valence-electron chi connectivity index (χ0n) is 17.7. The standard InChI is InChI=1S/C28H23NO3/c1-20(28(31)29-26-15-9-8-14-25(26)21-10-4-2-5-11-21)32-24-18-16-23(17-19-24)27(30)22-12-6-3-7-13-22/h2-20H,1H3,(H,29,31)/t20-/m1/s1. The Balaban J connectivity index is 1.42. The van der Waals surface area contributed by atoms with Gasteiger partial charge in [0, 0.05) is 22.4 Å². The molecule has 0 saturated heterocycles. The van der Waals surface area contributed by atoms with E-state index in [0.29, 0.717) is 16.9 Å². The lowest BCUT2D eigenvalue weighted by molar-refractivity contribution is -0.122. The first kappa shape index (κ1) is 21.1. The first-order valence-electron chi connectivity index (χ1n) is 10.4. The first-order valence-corrected chi connectivity index (χ1v) is 10.4. The van der Waals surface area contributed by atoms with Crippen LogP contribution in [-0.2, 0) is 4.79 Å². The average molecular weight is 421 g/mol. The number of anilines is 1. The summed E-state index contributed by atoms with van der Waals surface area (Å²) in [4.78, 5) is 25.3. The average Bonchev–Trinajstić information content (AvgIpc) is 2.85. The molecule has 158 valence electrons. The van der Waals surface area contributed by atoms with Gasteiger partial charge in [0.1, 0.15) is 5.75 Å². The number of ether oxygens (including phenoxy) is 1. The molecule has 1 N–H and O–H groups in total. The number of carbonyl (C=O) groups is 2. The van der Waals surface area contributed by atoms with E-state index in [9.17, 15) is 9.59 Å². The molecule has 32 heavy (non-hydrogen) atoms. The van der Waals surface area contributed by atoms with Crippen LogP contribution in [0.4, 0.5) is 5.69 Å². The van der Waals surface area contributed by atoms with Crippen molar-refractivity contribution in [2.24, 2.45) is 0 Å². The van der Waals surface area contributed by atoms with Gasteiger partial charge < -0.3 is 10.1 Å². The summed E-state index contributed by atoms with van der Waals surface area (Å²) in [6.45, 7) is 1.70. The minimum absolute atomic E-state index is 0.0551. The van der Waals surface area contributed by atoms with Crippen LogP contribution in [0.5, 0.6) is 5.75 Å². The molecule has 4 aromatic rings. The number of para-hydroxylation sites is 1. The van der Waals surface area contributed by atoms with E-state index >= 15 is 0 Å². The van der Waals surface area contributed by atoms with Crippen molar-refractivity contribution in [3.05, 3.63) is 120 Å².